The van der Waals surface area contributed by atoms with E-state index in [9.17, 15) is 4.79 Å². The third kappa shape index (κ3) is 6.15. The van der Waals surface area contributed by atoms with Crippen molar-refractivity contribution in [3.8, 4) is 0 Å². The van der Waals surface area contributed by atoms with Crippen LogP contribution in [-0.2, 0) is 9.53 Å². The minimum Gasteiger partial charge on any atom is -0.468 e. The molecule has 5 N–H and O–H groups in total. The van der Waals surface area contributed by atoms with Crippen LogP contribution in [0.25, 0.3) is 0 Å². The summed E-state index contributed by atoms with van der Waals surface area (Å²) in [6, 6.07) is -0.447. The number of esters is 1. The fourth-order valence-electron chi connectivity index (χ4n) is 0.514. The molecule has 0 aromatic heterocycles. The second kappa shape index (κ2) is 7.84. The lowest BCUT2D eigenvalue weighted by atomic mass is 10.2. The Morgan fingerprint density at radius 2 is 2.27 bits per heavy atom. The van der Waals surface area contributed by atoms with Crippen molar-refractivity contribution < 1.29 is 9.53 Å². The maximum atomic E-state index is 10.7. The molecule has 0 aliphatic carbocycles. The van der Waals surface area contributed by atoms with Gasteiger partial charge in [0.2, 0.25) is 0 Å². The average molecular weight is 180 g/mol. The van der Waals surface area contributed by atoms with Crippen molar-refractivity contribution in [3.05, 3.63) is 0 Å². The van der Waals surface area contributed by atoms with Gasteiger partial charge < -0.3 is 16.6 Å². The standard InChI is InChI=1S/C6H13NO2S.H3N/c1-9-6(8)5(7)3-4-10-2;/h5H,3-4,7H2,1-2H3;1H3. The van der Waals surface area contributed by atoms with Crippen LogP contribution in [0.3, 0.4) is 0 Å². The van der Waals surface area contributed by atoms with Crippen LogP contribution in [0.4, 0.5) is 0 Å². The molecule has 0 spiro atoms. The Kier molecular flexibility index (Phi) is 9.51. The van der Waals surface area contributed by atoms with E-state index in [1.54, 1.807) is 11.8 Å². The lowest BCUT2D eigenvalue weighted by Gasteiger charge is -2.06. The van der Waals surface area contributed by atoms with Crippen molar-refractivity contribution in [2.24, 2.45) is 5.73 Å². The summed E-state index contributed by atoms with van der Waals surface area (Å²) in [5.74, 6) is 0.574. The molecule has 0 saturated heterocycles. The van der Waals surface area contributed by atoms with Gasteiger partial charge in [-0.05, 0) is 18.4 Å². The summed E-state index contributed by atoms with van der Waals surface area (Å²) in [7, 11) is 1.35. The maximum absolute atomic E-state index is 10.7. The van der Waals surface area contributed by atoms with Crippen LogP contribution < -0.4 is 11.9 Å². The second-order valence-electron chi connectivity index (χ2n) is 1.91. The molecule has 0 aliphatic heterocycles. The number of carbonyl (C=O) groups excluding carboxylic acids is 1. The molecule has 0 aromatic carbocycles. The minimum absolute atomic E-state index is 0. The molecule has 0 heterocycles. The number of hydrogen-bond acceptors (Lipinski definition) is 5. The number of ether oxygens (including phenoxy) is 1. The van der Waals surface area contributed by atoms with E-state index in [0.717, 1.165) is 5.75 Å². The van der Waals surface area contributed by atoms with Crippen molar-refractivity contribution in [2.75, 3.05) is 19.1 Å². The maximum Gasteiger partial charge on any atom is 0.322 e. The fourth-order valence-corrected chi connectivity index (χ4v) is 1.00. The number of methoxy groups -OCH3 is 1. The molecular formula is C6H16N2O2S. The lowest BCUT2D eigenvalue weighted by Crippen LogP contribution is -2.31. The molecule has 68 valence electrons. The molecule has 1 unspecified atom stereocenters. The Morgan fingerprint density at radius 1 is 1.73 bits per heavy atom. The van der Waals surface area contributed by atoms with Crippen molar-refractivity contribution in [1.29, 1.82) is 0 Å². The largest absolute Gasteiger partial charge is 0.468 e. The molecule has 0 aromatic rings. The van der Waals surface area contributed by atoms with Crippen LogP contribution in [0.5, 0.6) is 0 Å². The zero-order valence-corrected chi connectivity index (χ0v) is 7.82. The van der Waals surface area contributed by atoms with Gasteiger partial charge in [-0.1, -0.05) is 0 Å². The summed E-state index contributed by atoms with van der Waals surface area (Å²) in [5.41, 5.74) is 5.43. The third-order valence-electron chi connectivity index (χ3n) is 1.14. The predicted octanol–water partition coefficient (Wildman–Crippen LogP) is 0.402. The molecule has 0 saturated carbocycles. The Labute approximate surface area is 71.4 Å². The van der Waals surface area contributed by atoms with E-state index in [1.165, 1.54) is 7.11 Å². The van der Waals surface area contributed by atoms with Crippen LogP contribution in [0.15, 0.2) is 0 Å². The number of carbonyl (C=O) groups is 1. The molecule has 1 atom stereocenters. The average Bonchev–Trinajstić information content (AvgIpc) is 1.98. The fraction of sp³-hybridized carbons (Fsp3) is 0.833. The number of thioether (sulfide) groups is 1. The van der Waals surface area contributed by atoms with Gasteiger partial charge in [0.15, 0.2) is 0 Å². The van der Waals surface area contributed by atoms with Gasteiger partial charge in [0, 0.05) is 0 Å². The van der Waals surface area contributed by atoms with Gasteiger partial charge in [-0.15, -0.1) is 0 Å². The molecule has 0 rings (SSSR count). The molecule has 11 heavy (non-hydrogen) atoms. The Morgan fingerprint density at radius 3 is 2.64 bits per heavy atom. The van der Waals surface area contributed by atoms with Crippen LogP contribution in [0, 0.1) is 0 Å². The van der Waals surface area contributed by atoms with Gasteiger partial charge in [-0.3, -0.25) is 4.79 Å². The summed E-state index contributed by atoms with van der Waals surface area (Å²) in [6.07, 6.45) is 2.66. The minimum atomic E-state index is -0.447. The summed E-state index contributed by atoms with van der Waals surface area (Å²) >= 11 is 1.67. The molecular weight excluding hydrogens is 164 g/mol. The smallest absolute Gasteiger partial charge is 0.322 e. The molecule has 0 aliphatic rings. The van der Waals surface area contributed by atoms with Crippen molar-refractivity contribution >= 4 is 17.7 Å². The molecule has 0 radical (unpaired) electrons. The Hall–Kier alpha value is -0.260. The Balaban J connectivity index is 0. The first kappa shape index (κ1) is 13.3. The van der Waals surface area contributed by atoms with E-state index in [1.807, 2.05) is 6.26 Å². The number of hydrogen-bond donors (Lipinski definition) is 2. The van der Waals surface area contributed by atoms with Gasteiger partial charge in [0.05, 0.1) is 7.11 Å². The van der Waals surface area contributed by atoms with Crippen LogP contribution >= 0.6 is 11.8 Å². The second-order valence-corrected chi connectivity index (χ2v) is 2.90. The van der Waals surface area contributed by atoms with E-state index in [4.69, 9.17) is 5.73 Å². The highest BCUT2D eigenvalue weighted by Crippen LogP contribution is 1.99. The summed E-state index contributed by atoms with van der Waals surface area (Å²) < 4.78 is 4.44. The van der Waals surface area contributed by atoms with Gasteiger partial charge in [-0.2, -0.15) is 11.8 Å². The van der Waals surface area contributed by atoms with E-state index in [2.05, 4.69) is 4.74 Å². The van der Waals surface area contributed by atoms with Crippen molar-refractivity contribution in [3.63, 3.8) is 0 Å². The Bertz CT molecular complexity index is 111. The number of rotatable bonds is 4. The molecule has 5 heteroatoms. The summed E-state index contributed by atoms with van der Waals surface area (Å²) in [6.45, 7) is 0. The predicted molar refractivity (Wildman–Crippen MR) is 48.0 cm³/mol. The van der Waals surface area contributed by atoms with Crippen LogP contribution in [-0.4, -0.2) is 31.1 Å². The van der Waals surface area contributed by atoms with E-state index < -0.39 is 6.04 Å². The molecule has 0 amide bonds. The highest BCUT2D eigenvalue weighted by Gasteiger charge is 2.11. The molecule has 0 fully saturated rings. The molecule has 4 nitrogen and oxygen atoms in total. The van der Waals surface area contributed by atoms with E-state index in [-0.39, 0.29) is 12.1 Å². The number of nitrogens with two attached hydrogens (primary N) is 1. The van der Waals surface area contributed by atoms with Gasteiger partial charge in [0.25, 0.3) is 0 Å². The van der Waals surface area contributed by atoms with Crippen molar-refractivity contribution in [1.82, 2.24) is 6.15 Å². The summed E-state index contributed by atoms with van der Waals surface area (Å²) in [4.78, 5) is 10.7. The first-order valence-electron chi connectivity index (χ1n) is 3.04. The monoisotopic (exact) mass is 180 g/mol. The topological polar surface area (TPSA) is 87.3 Å². The van der Waals surface area contributed by atoms with Crippen molar-refractivity contribution in [2.45, 2.75) is 12.5 Å². The van der Waals surface area contributed by atoms with Crippen LogP contribution in [0.2, 0.25) is 0 Å². The first-order valence-corrected chi connectivity index (χ1v) is 4.44. The van der Waals surface area contributed by atoms with Gasteiger partial charge in [0.1, 0.15) is 6.04 Å². The molecule has 0 bridgehead atoms. The van der Waals surface area contributed by atoms with Gasteiger partial charge >= 0.3 is 5.97 Å². The van der Waals surface area contributed by atoms with E-state index in [0.29, 0.717) is 6.42 Å². The zero-order valence-electron chi connectivity index (χ0n) is 7.00. The normalized spacial score (nSPS) is 11.5. The van der Waals surface area contributed by atoms with Crippen LogP contribution in [0.1, 0.15) is 6.42 Å². The SMILES string of the molecule is COC(=O)C(N)CCSC.N. The van der Waals surface area contributed by atoms with Gasteiger partial charge in [-0.25, -0.2) is 0 Å². The van der Waals surface area contributed by atoms with E-state index >= 15 is 0 Å². The first-order chi connectivity index (χ1) is 4.72. The lowest BCUT2D eigenvalue weighted by molar-refractivity contribution is -0.142. The third-order valence-corrected chi connectivity index (χ3v) is 1.78. The quantitative estimate of drug-likeness (QED) is 0.611. The summed E-state index contributed by atoms with van der Waals surface area (Å²) in [5, 5.41) is 0. The highest BCUT2D eigenvalue weighted by molar-refractivity contribution is 7.98. The highest BCUT2D eigenvalue weighted by atomic mass is 32.2. The zero-order chi connectivity index (χ0) is 7.98.